The quantitative estimate of drug-likeness (QED) is 0.388. The fourth-order valence-corrected chi connectivity index (χ4v) is 1.67. The number of carbonyl (C=O) groups is 2. The molecule has 0 aromatic carbocycles. The van der Waals surface area contributed by atoms with Crippen molar-refractivity contribution in [3.63, 3.8) is 0 Å². The van der Waals surface area contributed by atoms with Gasteiger partial charge in [0.05, 0.1) is 14.2 Å². The van der Waals surface area contributed by atoms with E-state index in [-0.39, 0.29) is 5.92 Å². The smallest absolute Gasteiger partial charge is 0.320 e. The molecule has 0 bridgehead atoms. The molecule has 0 saturated carbocycles. The second kappa shape index (κ2) is 7.65. The lowest BCUT2D eigenvalue weighted by Crippen LogP contribution is -2.34. The van der Waals surface area contributed by atoms with Gasteiger partial charge in [0.25, 0.3) is 0 Å². The van der Waals surface area contributed by atoms with E-state index < -0.39 is 17.9 Å². The highest BCUT2D eigenvalue weighted by Crippen LogP contribution is 2.27. The van der Waals surface area contributed by atoms with Crippen LogP contribution in [0.2, 0.25) is 0 Å². The Balaban J connectivity index is 5.06. The topological polar surface area (TPSA) is 52.6 Å². The second-order valence-electron chi connectivity index (χ2n) is 3.84. The third kappa shape index (κ3) is 4.43. The lowest BCUT2D eigenvalue weighted by molar-refractivity contribution is -0.161. The van der Waals surface area contributed by atoms with E-state index in [1.54, 1.807) is 13.0 Å². The maximum Gasteiger partial charge on any atom is 0.320 e. The van der Waals surface area contributed by atoms with Crippen LogP contribution in [0, 0.1) is 11.8 Å². The van der Waals surface area contributed by atoms with Crippen LogP contribution in [0.3, 0.4) is 0 Å². The zero-order valence-corrected chi connectivity index (χ0v) is 10.7. The van der Waals surface area contributed by atoms with Gasteiger partial charge in [-0.1, -0.05) is 18.2 Å². The summed E-state index contributed by atoms with van der Waals surface area (Å²) in [5.41, 5.74) is 0.757. The van der Waals surface area contributed by atoms with Crippen LogP contribution in [0.5, 0.6) is 0 Å². The van der Waals surface area contributed by atoms with Crippen molar-refractivity contribution in [1.29, 1.82) is 0 Å². The van der Waals surface area contributed by atoms with Gasteiger partial charge < -0.3 is 9.47 Å². The largest absolute Gasteiger partial charge is 0.468 e. The van der Waals surface area contributed by atoms with E-state index in [9.17, 15) is 9.59 Å². The fraction of sp³-hybridized carbons (Fsp3) is 0.538. The van der Waals surface area contributed by atoms with Gasteiger partial charge in [-0.25, -0.2) is 0 Å². The summed E-state index contributed by atoms with van der Waals surface area (Å²) in [5.74, 6) is -2.40. The molecule has 0 spiro atoms. The molecule has 0 aliphatic heterocycles. The van der Waals surface area contributed by atoms with Gasteiger partial charge >= 0.3 is 11.9 Å². The maximum absolute atomic E-state index is 11.6. The van der Waals surface area contributed by atoms with Crippen LogP contribution >= 0.6 is 0 Å². The highest BCUT2D eigenvalue weighted by molar-refractivity contribution is 5.95. The summed E-state index contributed by atoms with van der Waals surface area (Å²) in [7, 11) is 2.50. The average Bonchev–Trinajstić information content (AvgIpc) is 2.32. The van der Waals surface area contributed by atoms with Crippen molar-refractivity contribution < 1.29 is 19.1 Å². The summed E-state index contributed by atoms with van der Waals surface area (Å²) in [6.07, 6.45) is 3.05. The van der Waals surface area contributed by atoms with Crippen molar-refractivity contribution in [2.75, 3.05) is 14.2 Å². The normalized spacial score (nSPS) is 11.8. The molecule has 0 amide bonds. The molecule has 0 fully saturated rings. The van der Waals surface area contributed by atoms with Crippen LogP contribution in [-0.4, -0.2) is 26.2 Å². The predicted molar refractivity (Wildman–Crippen MR) is 65.3 cm³/mol. The molecule has 0 aromatic heterocycles. The molecule has 0 N–H and O–H groups in total. The Morgan fingerprint density at radius 1 is 1.24 bits per heavy atom. The third-order valence-corrected chi connectivity index (χ3v) is 2.63. The van der Waals surface area contributed by atoms with Crippen molar-refractivity contribution in [2.24, 2.45) is 11.8 Å². The van der Waals surface area contributed by atoms with Crippen molar-refractivity contribution in [3.05, 3.63) is 24.8 Å². The zero-order chi connectivity index (χ0) is 13.4. The van der Waals surface area contributed by atoms with E-state index in [0.29, 0.717) is 12.8 Å². The van der Waals surface area contributed by atoms with E-state index in [2.05, 4.69) is 22.6 Å². The van der Waals surface area contributed by atoms with Crippen molar-refractivity contribution >= 4 is 11.9 Å². The Morgan fingerprint density at radius 3 is 2.00 bits per heavy atom. The van der Waals surface area contributed by atoms with Gasteiger partial charge in [0, 0.05) is 5.92 Å². The minimum Gasteiger partial charge on any atom is -0.468 e. The SMILES string of the molecule is C=CCCC(C(=C)C)C(C(=O)OC)C(=O)OC. The highest BCUT2D eigenvalue weighted by atomic mass is 16.5. The fourth-order valence-electron chi connectivity index (χ4n) is 1.67. The molecule has 4 heteroatoms. The van der Waals surface area contributed by atoms with Gasteiger partial charge in [-0.2, -0.15) is 0 Å². The Hall–Kier alpha value is -1.58. The van der Waals surface area contributed by atoms with Crippen LogP contribution < -0.4 is 0 Å². The van der Waals surface area contributed by atoms with Crippen LogP contribution in [0.4, 0.5) is 0 Å². The average molecular weight is 240 g/mol. The molecular formula is C13H20O4. The zero-order valence-electron chi connectivity index (χ0n) is 10.7. The van der Waals surface area contributed by atoms with E-state index in [1.165, 1.54) is 14.2 Å². The summed E-state index contributed by atoms with van der Waals surface area (Å²) in [5, 5.41) is 0. The minimum atomic E-state index is -0.942. The first kappa shape index (κ1) is 15.4. The number of allylic oxidation sites excluding steroid dienone is 2. The molecule has 4 nitrogen and oxygen atoms in total. The number of hydrogen-bond donors (Lipinski definition) is 0. The Kier molecular flexibility index (Phi) is 6.94. The first-order valence-electron chi connectivity index (χ1n) is 5.41. The van der Waals surface area contributed by atoms with Gasteiger partial charge in [-0.05, 0) is 19.8 Å². The van der Waals surface area contributed by atoms with Crippen LogP contribution in [0.1, 0.15) is 19.8 Å². The monoisotopic (exact) mass is 240 g/mol. The van der Waals surface area contributed by atoms with E-state index >= 15 is 0 Å². The molecule has 0 aliphatic carbocycles. The summed E-state index contributed by atoms with van der Waals surface area (Å²) in [6.45, 7) is 9.22. The van der Waals surface area contributed by atoms with E-state index in [4.69, 9.17) is 0 Å². The first-order chi connectivity index (χ1) is 7.99. The standard InChI is InChI=1S/C13H20O4/c1-6-7-8-10(9(2)3)11(12(14)16-4)13(15)17-5/h6,10-11H,1-2,7-8H2,3-5H3. The molecule has 0 aromatic rings. The van der Waals surface area contributed by atoms with E-state index in [1.807, 2.05) is 0 Å². The van der Waals surface area contributed by atoms with Gasteiger partial charge in [0.2, 0.25) is 0 Å². The second-order valence-corrected chi connectivity index (χ2v) is 3.84. The number of ether oxygens (including phenoxy) is 2. The molecule has 1 atom stereocenters. The molecule has 0 radical (unpaired) electrons. The summed E-state index contributed by atoms with van der Waals surface area (Å²) < 4.78 is 9.28. The minimum absolute atomic E-state index is 0.284. The van der Waals surface area contributed by atoms with Crippen molar-refractivity contribution in [1.82, 2.24) is 0 Å². The molecule has 0 rings (SSSR count). The molecule has 0 aliphatic rings. The molecule has 96 valence electrons. The number of esters is 2. The molecule has 1 unspecified atom stereocenters. The van der Waals surface area contributed by atoms with Crippen molar-refractivity contribution in [2.45, 2.75) is 19.8 Å². The highest BCUT2D eigenvalue weighted by Gasteiger charge is 2.36. The van der Waals surface area contributed by atoms with Crippen molar-refractivity contribution in [3.8, 4) is 0 Å². The Bertz CT molecular complexity index is 291. The Morgan fingerprint density at radius 2 is 1.71 bits per heavy atom. The predicted octanol–water partition coefficient (Wildman–Crippen LogP) is 2.11. The number of rotatable bonds is 7. The van der Waals surface area contributed by atoms with Crippen LogP contribution in [-0.2, 0) is 19.1 Å². The molecule has 17 heavy (non-hydrogen) atoms. The maximum atomic E-state index is 11.6. The van der Waals surface area contributed by atoms with Crippen LogP contribution in [0.15, 0.2) is 24.8 Å². The lowest BCUT2D eigenvalue weighted by atomic mass is 9.83. The Labute approximate surface area is 102 Å². The summed E-state index contributed by atoms with van der Waals surface area (Å²) in [4.78, 5) is 23.3. The summed E-state index contributed by atoms with van der Waals surface area (Å²) >= 11 is 0. The van der Waals surface area contributed by atoms with Gasteiger partial charge in [-0.3, -0.25) is 9.59 Å². The summed E-state index contributed by atoms with van der Waals surface area (Å²) in [6, 6.07) is 0. The third-order valence-electron chi connectivity index (χ3n) is 2.63. The number of hydrogen-bond acceptors (Lipinski definition) is 4. The molecule has 0 heterocycles. The molecule has 0 saturated heterocycles. The van der Waals surface area contributed by atoms with Crippen LogP contribution in [0.25, 0.3) is 0 Å². The number of methoxy groups -OCH3 is 2. The number of carbonyl (C=O) groups excluding carboxylic acids is 2. The van der Waals surface area contributed by atoms with Gasteiger partial charge in [0.1, 0.15) is 0 Å². The van der Waals surface area contributed by atoms with Gasteiger partial charge in [-0.15, -0.1) is 6.58 Å². The first-order valence-corrected chi connectivity index (χ1v) is 5.41. The lowest BCUT2D eigenvalue weighted by Gasteiger charge is -2.23. The molecular weight excluding hydrogens is 220 g/mol. The van der Waals surface area contributed by atoms with Gasteiger partial charge in [0.15, 0.2) is 5.92 Å². The van der Waals surface area contributed by atoms with E-state index in [0.717, 1.165) is 5.57 Å².